The first-order valence-electron chi connectivity index (χ1n) is 22.4. The van der Waals surface area contributed by atoms with Crippen LogP contribution in [0.15, 0.2) is 79.6 Å². The molecule has 0 spiro atoms. The molecule has 2 aliphatic heterocycles. The zero-order valence-corrected chi connectivity index (χ0v) is 38.4. The van der Waals surface area contributed by atoms with E-state index < -0.39 is 35.3 Å². The number of pyridine rings is 1. The summed E-state index contributed by atoms with van der Waals surface area (Å²) in [5.74, 6) is -1.77. The number of fused-ring (bicyclic) bond motifs is 6. The number of hydrogen-bond donors (Lipinski definition) is 3. The molecule has 338 valence electrons. The Hall–Kier alpha value is -6.28. The standard InChI is InChI=1S/C50H62N8O6/c1-10-43(59)54-42-27-52-49(56(42)9)63-28-38(30(3)4)46(60)53-40-24-32-15-12-16-33(23-32)34-19-20-41-36(25-34)37(45(57(41)11-2)35-17-13-21-51-44(35)31(5)6)26-50(7,8)29-64-48(62)39-18-14-22-58(55-39)47(40)61/h10,12-13,15-17,19-21,23,25,27,30-31,38-40,55H,1,11,14,18,22,24,26,28-29H2,2-9H3,(H,53,60)(H,54,59)/t38-,39?,40-/m0/s1. The zero-order chi connectivity index (χ0) is 45.9. The van der Waals surface area contributed by atoms with Crippen LogP contribution in [0.1, 0.15) is 84.0 Å². The number of hydrogen-bond acceptors (Lipinski definition) is 9. The van der Waals surface area contributed by atoms with Crippen molar-refractivity contribution in [3.8, 4) is 28.4 Å². The number of benzene rings is 2. The van der Waals surface area contributed by atoms with Crippen LogP contribution in [-0.2, 0) is 50.3 Å². The van der Waals surface area contributed by atoms with Crippen LogP contribution < -0.4 is 20.8 Å². The van der Waals surface area contributed by atoms with Crippen LogP contribution in [0.5, 0.6) is 6.01 Å². The number of amides is 3. The minimum atomic E-state index is -0.983. The van der Waals surface area contributed by atoms with Gasteiger partial charge in [-0.05, 0) is 90.6 Å². The molecule has 6 bridgehead atoms. The number of nitrogens with one attached hydrogen (secondary N) is 3. The van der Waals surface area contributed by atoms with Gasteiger partial charge < -0.3 is 24.7 Å². The summed E-state index contributed by atoms with van der Waals surface area (Å²) in [6.07, 6.45) is 6.38. The van der Waals surface area contributed by atoms with Gasteiger partial charge in [0.1, 0.15) is 24.5 Å². The topological polar surface area (TPSA) is 162 Å². The van der Waals surface area contributed by atoms with E-state index in [-0.39, 0.29) is 49.3 Å². The van der Waals surface area contributed by atoms with E-state index in [0.717, 1.165) is 57.2 Å². The Morgan fingerprint density at radius 3 is 2.58 bits per heavy atom. The molecule has 5 aromatic rings. The van der Waals surface area contributed by atoms with Crippen molar-refractivity contribution >= 4 is 40.4 Å². The molecule has 3 aromatic heterocycles. The number of rotatable bonds is 11. The largest absolute Gasteiger partial charge is 0.464 e. The van der Waals surface area contributed by atoms with E-state index in [1.165, 1.54) is 16.8 Å². The van der Waals surface area contributed by atoms with Crippen LogP contribution in [0.3, 0.4) is 0 Å². The number of anilines is 1. The molecule has 0 radical (unpaired) electrons. The number of cyclic esters (lactones) is 1. The fourth-order valence-corrected chi connectivity index (χ4v) is 8.84. The highest BCUT2D eigenvalue weighted by atomic mass is 16.5. The Morgan fingerprint density at radius 2 is 1.84 bits per heavy atom. The van der Waals surface area contributed by atoms with Gasteiger partial charge >= 0.3 is 5.97 Å². The molecule has 0 aliphatic carbocycles. The van der Waals surface area contributed by atoms with Crippen molar-refractivity contribution in [3.05, 3.63) is 96.5 Å². The molecule has 2 aliphatic rings. The summed E-state index contributed by atoms with van der Waals surface area (Å²) in [6.45, 7) is 19.3. The summed E-state index contributed by atoms with van der Waals surface area (Å²) in [6, 6.07) is 17.4. The smallest absolute Gasteiger partial charge is 0.324 e. The minimum absolute atomic E-state index is 0.0304. The molecule has 7 rings (SSSR count). The molecule has 1 unspecified atom stereocenters. The van der Waals surface area contributed by atoms with Crippen LogP contribution in [-0.4, -0.2) is 79.6 Å². The second-order valence-electron chi connectivity index (χ2n) is 18.5. The second kappa shape index (κ2) is 19.2. The van der Waals surface area contributed by atoms with Crippen molar-refractivity contribution in [2.75, 3.05) is 25.1 Å². The van der Waals surface area contributed by atoms with Crippen LogP contribution in [0.25, 0.3) is 33.3 Å². The van der Waals surface area contributed by atoms with E-state index in [1.54, 1.807) is 11.6 Å². The normalized spacial score (nSPS) is 18.4. The number of carbonyl (C=O) groups is 4. The van der Waals surface area contributed by atoms with Crippen molar-refractivity contribution in [1.29, 1.82) is 0 Å². The number of nitrogens with zero attached hydrogens (tertiary/aromatic N) is 5. The number of ether oxygens (including phenoxy) is 2. The van der Waals surface area contributed by atoms with Crippen molar-refractivity contribution in [3.63, 3.8) is 0 Å². The predicted octanol–water partition coefficient (Wildman–Crippen LogP) is 7.37. The molecule has 0 saturated carbocycles. The molecule has 1 saturated heterocycles. The van der Waals surface area contributed by atoms with E-state index in [0.29, 0.717) is 31.6 Å². The molecule has 3 N–H and O–H groups in total. The van der Waals surface area contributed by atoms with E-state index in [2.05, 4.69) is 103 Å². The summed E-state index contributed by atoms with van der Waals surface area (Å²) in [5, 5.41) is 8.35. The van der Waals surface area contributed by atoms with E-state index in [9.17, 15) is 19.2 Å². The average molecular weight is 871 g/mol. The maximum Gasteiger partial charge on any atom is 0.324 e. The lowest BCUT2D eigenvalue weighted by Gasteiger charge is -2.36. The number of aromatic nitrogens is 4. The van der Waals surface area contributed by atoms with Gasteiger partial charge in [0.25, 0.3) is 11.9 Å². The molecule has 14 heteroatoms. The lowest BCUT2D eigenvalue weighted by molar-refractivity contribution is -0.155. The monoisotopic (exact) mass is 870 g/mol. The highest BCUT2D eigenvalue weighted by molar-refractivity contribution is 5.98. The average Bonchev–Trinajstić information content (AvgIpc) is 3.78. The molecule has 3 atom stereocenters. The van der Waals surface area contributed by atoms with Crippen LogP contribution in [0.4, 0.5) is 5.82 Å². The fraction of sp³-hybridized carbons (Fsp3) is 0.440. The third-order valence-electron chi connectivity index (χ3n) is 12.4. The summed E-state index contributed by atoms with van der Waals surface area (Å²) in [5.41, 5.74) is 11.1. The second-order valence-corrected chi connectivity index (χ2v) is 18.5. The third kappa shape index (κ3) is 9.76. The highest BCUT2D eigenvalue weighted by Crippen LogP contribution is 2.42. The van der Waals surface area contributed by atoms with Crippen LogP contribution in [0, 0.1) is 17.3 Å². The number of esters is 1. The maximum absolute atomic E-state index is 14.6. The Balaban J connectivity index is 1.27. The number of imidazole rings is 1. The van der Waals surface area contributed by atoms with Gasteiger partial charge in [0.05, 0.1) is 30.1 Å². The molecule has 2 aromatic carbocycles. The van der Waals surface area contributed by atoms with Gasteiger partial charge in [-0.1, -0.05) is 78.5 Å². The molecule has 64 heavy (non-hydrogen) atoms. The van der Waals surface area contributed by atoms with E-state index >= 15 is 0 Å². The summed E-state index contributed by atoms with van der Waals surface area (Å²) < 4.78 is 16.1. The lowest BCUT2D eigenvalue weighted by atomic mass is 9.83. The Kier molecular flexibility index (Phi) is 13.7. The molecular weight excluding hydrogens is 809 g/mol. The molecule has 1 fully saturated rings. The summed E-state index contributed by atoms with van der Waals surface area (Å²) in [7, 11) is 1.69. The predicted molar refractivity (Wildman–Crippen MR) is 248 cm³/mol. The van der Waals surface area contributed by atoms with Gasteiger partial charge in [0, 0.05) is 54.6 Å². The van der Waals surface area contributed by atoms with Gasteiger partial charge in [0.15, 0.2) is 0 Å². The summed E-state index contributed by atoms with van der Waals surface area (Å²) in [4.78, 5) is 63.8. The first kappa shape index (κ1) is 45.7. The van der Waals surface area contributed by atoms with Crippen LogP contribution >= 0.6 is 0 Å². The Labute approximate surface area is 375 Å². The van der Waals surface area contributed by atoms with E-state index in [4.69, 9.17) is 14.5 Å². The van der Waals surface area contributed by atoms with Crippen molar-refractivity contribution in [1.82, 2.24) is 34.9 Å². The van der Waals surface area contributed by atoms with Gasteiger partial charge in [-0.25, -0.2) is 10.4 Å². The van der Waals surface area contributed by atoms with Crippen LogP contribution in [0.2, 0.25) is 0 Å². The zero-order valence-electron chi connectivity index (χ0n) is 38.4. The fourth-order valence-electron chi connectivity index (χ4n) is 8.84. The van der Waals surface area contributed by atoms with Crippen molar-refractivity contribution < 1.29 is 28.7 Å². The van der Waals surface area contributed by atoms with Gasteiger partial charge in [-0.3, -0.25) is 33.7 Å². The first-order valence-corrected chi connectivity index (χ1v) is 22.4. The molecule has 3 amide bonds. The lowest BCUT2D eigenvalue weighted by Crippen LogP contribution is -2.61. The Morgan fingerprint density at radius 1 is 1.06 bits per heavy atom. The molecule has 14 nitrogen and oxygen atoms in total. The maximum atomic E-state index is 14.6. The third-order valence-corrected chi connectivity index (χ3v) is 12.4. The number of aryl methyl sites for hydroxylation is 1. The molecular formula is C50H62N8O6. The number of carbonyl (C=O) groups excluding carboxylic acids is 4. The minimum Gasteiger partial charge on any atom is -0.464 e. The first-order chi connectivity index (χ1) is 30.6. The highest BCUT2D eigenvalue weighted by Gasteiger charge is 2.36. The van der Waals surface area contributed by atoms with Crippen molar-refractivity contribution in [2.24, 2.45) is 24.3 Å². The van der Waals surface area contributed by atoms with E-state index in [1.807, 2.05) is 38.2 Å². The number of hydrazine groups is 1. The molecule has 5 heterocycles. The van der Waals surface area contributed by atoms with Gasteiger partial charge in [-0.2, -0.15) is 0 Å². The van der Waals surface area contributed by atoms with Gasteiger partial charge in [0.2, 0.25) is 11.8 Å². The Bertz CT molecular complexity index is 2550. The SMILES string of the molecule is C=CC(=O)Nc1cnc(OC[C@H](C(=O)N[C@H]2Cc3cccc(c3)-c3ccc4c(c3)c(c(-c3cccnc3C(C)C)n4CC)CC(C)(C)COC(=O)C3CCCN(N3)C2=O)C(C)C)n1C. The summed E-state index contributed by atoms with van der Waals surface area (Å²) >= 11 is 0. The quantitative estimate of drug-likeness (QED) is 0.0910. The van der Waals surface area contributed by atoms with Gasteiger partial charge in [-0.15, -0.1) is 0 Å². The van der Waals surface area contributed by atoms with Crippen molar-refractivity contribution in [2.45, 2.75) is 98.7 Å².